The van der Waals surface area contributed by atoms with E-state index in [9.17, 15) is 8.42 Å². The Morgan fingerprint density at radius 2 is 1.88 bits per heavy atom. The molecule has 0 aliphatic rings. The van der Waals surface area contributed by atoms with E-state index in [1.165, 1.54) is 18.4 Å². The number of guanidine groups is 1. The zero-order valence-electron chi connectivity index (χ0n) is 16.0. The number of unbranched alkanes of at least 4 members (excludes halogenated alkanes) is 1. The zero-order chi connectivity index (χ0) is 18.7. The molecule has 0 fully saturated rings. The number of benzene rings is 1. The van der Waals surface area contributed by atoms with Gasteiger partial charge in [0.25, 0.3) is 0 Å². The summed E-state index contributed by atoms with van der Waals surface area (Å²) in [6.07, 6.45) is 4.35. The first-order valence-electron chi connectivity index (χ1n) is 8.45. The number of hydrogen-bond acceptors (Lipinski definition) is 4. The lowest BCUT2D eigenvalue weighted by Gasteiger charge is -2.15. The topological polar surface area (TPSA) is 73.8 Å². The fraction of sp³-hybridized carbons (Fsp3) is 0.588. The zero-order valence-corrected chi connectivity index (χ0v) is 20.0. The standard InChI is InChI=1S/C17H30N4O2S2.HI/c1-5-18-17(19-12-8-9-13-24-4)20-14-15-10-6-7-11-16(15)25(22,23)21(2)3;/h6-7,10-11H,5,8-9,12-14H2,1-4H3,(H2,18,19,20);1H. The predicted octanol–water partition coefficient (Wildman–Crippen LogP) is 2.75. The van der Waals surface area contributed by atoms with Crippen molar-refractivity contribution in [2.45, 2.75) is 31.2 Å². The van der Waals surface area contributed by atoms with Crippen LogP contribution in [0.1, 0.15) is 25.3 Å². The van der Waals surface area contributed by atoms with E-state index >= 15 is 0 Å². The molecular formula is C17H31IN4O2S2. The van der Waals surface area contributed by atoms with Crippen LogP contribution in [0.3, 0.4) is 0 Å². The minimum absolute atomic E-state index is 0. The average Bonchev–Trinajstić information content (AvgIpc) is 2.59. The molecule has 0 heterocycles. The van der Waals surface area contributed by atoms with Gasteiger partial charge < -0.3 is 10.6 Å². The van der Waals surface area contributed by atoms with Crippen molar-refractivity contribution >= 4 is 51.7 Å². The Morgan fingerprint density at radius 1 is 1.19 bits per heavy atom. The number of rotatable bonds is 10. The molecule has 1 aromatic rings. The first-order valence-corrected chi connectivity index (χ1v) is 11.3. The van der Waals surface area contributed by atoms with Crippen LogP contribution in [0.15, 0.2) is 34.2 Å². The molecule has 0 aliphatic heterocycles. The fourth-order valence-corrected chi connectivity index (χ4v) is 3.77. The highest BCUT2D eigenvalue weighted by Gasteiger charge is 2.20. The third-order valence-corrected chi connectivity index (χ3v) is 6.16. The average molecular weight is 514 g/mol. The first-order chi connectivity index (χ1) is 11.9. The van der Waals surface area contributed by atoms with Crippen molar-refractivity contribution < 1.29 is 8.42 Å². The molecule has 1 rings (SSSR count). The molecule has 0 atom stereocenters. The highest BCUT2D eigenvalue weighted by Crippen LogP contribution is 2.19. The van der Waals surface area contributed by atoms with Crippen molar-refractivity contribution in [2.24, 2.45) is 4.99 Å². The van der Waals surface area contributed by atoms with Gasteiger partial charge in [0.1, 0.15) is 0 Å². The molecule has 0 bridgehead atoms. The van der Waals surface area contributed by atoms with E-state index < -0.39 is 10.0 Å². The number of hydrogen-bond donors (Lipinski definition) is 2. The van der Waals surface area contributed by atoms with Crippen molar-refractivity contribution in [3.8, 4) is 0 Å². The minimum Gasteiger partial charge on any atom is -0.357 e. The second kappa shape index (κ2) is 13.6. The molecule has 0 saturated carbocycles. The maximum atomic E-state index is 12.4. The quantitative estimate of drug-likeness (QED) is 0.218. The summed E-state index contributed by atoms with van der Waals surface area (Å²) in [6.45, 7) is 3.93. The molecule has 1 aromatic carbocycles. The van der Waals surface area contributed by atoms with Gasteiger partial charge >= 0.3 is 0 Å². The van der Waals surface area contributed by atoms with E-state index in [4.69, 9.17) is 0 Å². The second-order valence-electron chi connectivity index (χ2n) is 5.72. The van der Waals surface area contributed by atoms with Crippen LogP contribution in [0, 0.1) is 0 Å². The Kier molecular flexibility index (Phi) is 13.3. The van der Waals surface area contributed by atoms with Gasteiger partial charge in [0.2, 0.25) is 10.0 Å². The van der Waals surface area contributed by atoms with Crippen LogP contribution in [-0.2, 0) is 16.6 Å². The molecule has 26 heavy (non-hydrogen) atoms. The van der Waals surface area contributed by atoms with Crippen molar-refractivity contribution in [2.75, 3.05) is 39.2 Å². The number of sulfonamides is 1. The van der Waals surface area contributed by atoms with Gasteiger partial charge in [-0.2, -0.15) is 11.8 Å². The van der Waals surface area contributed by atoms with Crippen LogP contribution < -0.4 is 10.6 Å². The van der Waals surface area contributed by atoms with E-state index in [0.717, 1.165) is 31.7 Å². The second-order valence-corrected chi connectivity index (χ2v) is 8.82. The summed E-state index contributed by atoms with van der Waals surface area (Å²) >= 11 is 1.85. The van der Waals surface area contributed by atoms with Gasteiger partial charge in [-0.15, -0.1) is 24.0 Å². The van der Waals surface area contributed by atoms with Gasteiger partial charge in [0, 0.05) is 27.2 Å². The normalized spacial score (nSPS) is 12.0. The van der Waals surface area contributed by atoms with E-state index in [-0.39, 0.29) is 24.0 Å². The molecule has 0 aromatic heterocycles. The molecule has 0 spiro atoms. The Labute approximate surface area is 179 Å². The van der Waals surface area contributed by atoms with E-state index in [1.54, 1.807) is 12.1 Å². The number of halogens is 1. The molecule has 0 aliphatic carbocycles. The Hall–Kier alpha value is -0.520. The van der Waals surface area contributed by atoms with E-state index in [2.05, 4.69) is 21.9 Å². The molecule has 0 radical (unpaired) electrons. The van der Waals surface area contributed by atoms with Crippen LogP contribution in [0.25, 0.3) is 0 Å². The molecule has 6 nitrogen and oxygen atoms in total. The molecule has 9 heteroatoms. The third kappa shape index (κ3) is 8.45. The lowest BCUT2D eigenvalue weighted by Crippen LogP contribution is -2.37. The van der Waals surface area contributed by atoms with Gasteiger partial charge in [-0.1, -0.05) is 18.2 Å². The number of thioether (sulfide) groups is 1. The van der Waals surface area contributed by atoms with Crippen LogP contribution in [0.5, 0.6) is 0 Å². The summed E-state index contributed by atoms with van der Waals surface area (Å²) in [7, 11) is -0.399. The highest BCUT2D eigenvalue weighted by atomic mass is 127. The van der Waals surface area contributed by atoms with Crippen molar-refractivity contribution in [1.29, 1.82) is 0 Å². The van der Waals surface area contributed by atoms with E-state index in [1.807, 2.05) is 30.8 Å². The van der Waals surface area contributed by atoms with Crippen LogP contribution >= 0.6 is 35.7 Å². The lowest BCUT2D eigenvalue weighted by molar-refractivity contribution is 0.519. The summed E-state index contributed by atoms with van der Waals surface area (Å²) < 4.78 is 26.1. The first kappa shape index (κ1) is 25.5. The minimum atomic E-state index is -3.47. The summed E-state index contributed by atoms with van der Waals surface area (Å²) in [4.78, 5) is 4.85. The Morgan fingerprint density at radius 3 is 2.50 bits per heavy atom. The summed E-state index contributed by atoms with van der Waals surface area (Å²) in [6, 6.07) is 7.01. The Bertz CT molecular complexity index is 652. The highest BCUT2D eigenvalue weighted by molar-refractivity contribution is 14.0. The fourth-order valence-electron chi connectivity index (χ4n) is 2.17. The molecule has 150 valence electrons. The lowest BCUT2D eigenvalue weighted by atomic mass is 10.2. The Balaban J connectivity index is 0.00000625. The third-order valence-electron chi connectivity index (χ3n) is 3.55. The van der Waals surface area contributed by atoms with Gasteiger partial charge in [0.15, 0.2) is 5.96 Å². The summed E-state index contributed by atoms with van der Waals surface area (Å²) in [5, 5.41) is 6.50. The maximum Gasteiger partial charge on any atom is 0.242 e. The molecule has 0 amide bonds. The van der Waals surface area contributed by atoms with Crippen LogP contribution in [0.2, 0.25) is 0 Å². The molecule has 0 unspecified atom stereocenters. The number of aliphatic imine (C=N–C) groups is 1. The van der Waals surface area contributed by atoms with Crippen LogP contribution in [0.4, 0.5) is 0 Å². The largest absolute Gasteiger partial charge is 0.357 e. The van der Waals surface area contributed by atoms with Gasteiger partial charge in [-0.3, -0.25) is 0 Å². The molecular weight excluding hydrogens is 483 g/mol. The molecule has 2 N–H and O–H groups in total. The number of nitrogens with zero attached hydrogens (tertiary/aromatic N) is 2. The van der Waals surface area contributed by atoms with E-state index in [0.29, 0.717) is 23.0 Å². The van der Waals surface area contributed by atoms with Crippen molar-refractivity contribution in [3.63, 3.8) is 0 Å². The van der Waals surface area contributed by atoms with Crippen LogP contribution in [-0.4, -0.2) is 57.9 Å². The summed E-state index contributed by atoms with van der Waals surface area (Å²) in [5.41, 5.74) is 0.691. The summed E-state index contributed by atoms with van der Waals surface area (Å²) in [5.74, 6) is 1.87. The monoisotopic (exact) mass is 514 g/mol. The maximum absolute atomic E-state index is 12.4. The van der Waals surface area contributed by atoms with Gasteiger partial charge in [-0.05, 0) is 43.4 Å². The van der Waals surface area contributed by atoms with Gasteiger partial charge in [-0.25, -0.2) is 17.7 Å². The SMILES string of the molecule is CCNC(=NCc1ccccc1S(=O)(=O)N(C)C)NCCCCSC.I. The van der Waals surface area contributed by atoms with Crippen molar-refractivity contribution in [3.05, 3.63) is 29.8 Å². The van der Waals surface area contributed by atoms with Gasteiger partial charge in [0.05, 0.1) is 11.4 Å². The number of nitrogens with one attached hydrogen (secondary N) is 2. The molecule has 0 saturated heterocycles. The van der Waals surface area contributed by atoms with Crippen molar-refractivity contribution in [1.82, 2.24) is 14.9 Å². The smallest absolute Gasteiger partial charge is 0.242 e. The predicted molar refractivity (Wildman–Crippen MR) is 123 cm³/mol.